The maximum absolute atomic E-state index is 14.2. The molecule has 4 aromatic rings. The summed E-state index contributed by atoms with van der Waals surface area (Å²) in [6.45, 7) is 4.12. The lowest BCUT2D eigenvalue weighted by molar-refractivity contribution is -0.139. The van der Waals surface area contributed by atoms with Crippen LogP contribution in [0.1, 0.15) is 58.6 Å². The Bertz CT molecular complexity index is 1820. The van der Waals surface area contributed by atoms with Gasteiger partial charge in [-0.15, -0.1) is 0 Å². The number of para-hydroxylation sites is 1. The highest BCUT2D eigenvalue weighted by Gasteiger charge is 2.61. The Balaban J connectivity index is 1.04. The number of imide groups is 1. The van der Waals surface area contributed by atoms with Crippen LogP contribution >= 0.6 is 0 Å². The first-order valence-electron chi connectivity index (χ1n) is 15.6. The fraction of sp³-hybridized carbons (Fsp3) is 0.263. The zero-order chi connectivity index (χ0) is 31.0. The van der Waals surface area contributed by atoms with Gasteiger partial charge in [0, 0.05) is 30.5 Å². The molecule has 0 saturated carbocycles. The minimum absolute atomic E-state index is 0.0839. The lowest BCUT2D eigenvalue weighted by Crippen LogP contribution is -2.41. The molecule has 2 heterocycles. The third-order valence-electron chi connectivity index (χ3n) is 10.2. The molecule has 45 heavy (non-hydrogen) atoms. The number of nitrogens with zero attached hydrogens (tertiary/aromatic N) is 2. The predicted molar refractivity (Wildman–Crippen MR) is 169 cm³/mol. The van der Waals surface area contributed by atoms with Crippen LogP contribution < -0.4 is 14.5 Å². The Morgan fingerprint density at radius 1 is 0.756 bits per heavy atom. The Kier molecular flexibility index (Phi) is 6.27. The van der Waals surface area contributed by atoms with Gasteiger partial charge in [-0.25, -0.2) is 4.90 Å². The van der Waals surface area contributed by atoms with E-state index >= 15 is 0 Å². The number of hydrogen-bond donors (Lipinski definition) is 0. The van der Waals surface area contributed by atoms with Crippen molar-refractivity contribution < 1.29 is 23.9 Å². The standard InChI is InChI=1S/C38H32N2O5/c1-3-22-10-4-9-15-30(22)39-20-23(19-31(39)41)38(44)45-24-16-17-29(21(2)18-24)40-36(42)34-32-25-11-5-6-12-26(25)33(35(34)37(40)43)28-14-8-7-13-27(28)32/h4-18,23,32-35H,3,19-20H2,1-2H3/t23-,32?,33?,34-,35+/m0/s1. The SMILES string of the molecule is CCc1ccccc1N1C[C@@H](C(=O)Oc2ccc(N3C(=O)[C@@H]4C5c6ccccc6C(c6ccccc65)[C@@H]4C3=O)c(C)c2)CC1=O. The number of hydrogen-bond acceptors (Lipinski definition) is 5. The summed E-state index contributed by atoms with van der Waals surface area (Å²) in [6.07, 6.45) is 0.867. The van der Waals surface area contributed by atoms with Crippen molar-refractivity contribution in [3.8, 4) is 5.75 Å². The second-order valence-corrected chi connectivity index (χ2v) is 12.5. The summed E-state index contributed by atoms with van der Waals surface area (Å²) in [5.41, 5.74) is 7.57. The largest absolute Gasteiger partial charge is 0.426 e. The Labute approximate surface area is 261 Å². The van der Waals surface area contributed by atoms with Crippen LogP contribution in [0.15, 0.2) is 91.0 Å². The van der Waals surface area contributed by atoms with Crippen molar-refractivity contribution in [1.82, 2.24) is 0 Å². The van der Waals surface area contributed by atoms with Crippen LogP contribution in [0.2, 0.25) is 0 Å². The molecule has 3 amide bonds. The molecule has 224 valence electrons. The first-order chi connectivity index (χ1) is 21.9. The Morgan fingerprint density at radius 3 is 1.87 bits per heavy atom. The maximum atomic E-state index is 14.2. The van der Waals surface area contributed by atoms with E-state index in [1.54, 1.807) is 23.1 Å². The van der Waals surface area contributed by atoms with Gasteiger partial charge in [-0.05, 0) is 71.0 Å². The van der Waals surface area contributed by atoms with Gasteiger partial charge < -0.3 is 9.64 Å². The highest BCUT2D eigenvalue weighted by atomic mass is 16.5. The van der Waals surface area contributed by atoms with E-state index < -0.39 is 23.7 Å². The van der Waals surface area contributed by atoms with Gasteiger partial charge >= 0.3 is 5.97 Å². The average molecular weight is 597 g/mol. The van der Waals surface area contributed by atoms with Gasteiger partial charge in [-0.1, -0.05) is 73.7 Å². The molecular formula is C38H32N2O5. The van der Waals surface area contributed by atoms with Crippen LogP contribution in [-0.4, -0.2) is 30.2 Å². The lowest BCUT2D eigenvalue weighted by atomic mass is 9.55. The van der Waals surface area contributed by atoms with E-state index in [4.69, 9.17) is 4.74 Å². The van der Waals surface area contributed by atoms with Crippen molar-refractivity contribution in [3.05, 3.63) is 124 Å². The Hall–Kier alpha value is -5.04. The highest BCUT2D eigenvalue weighted by Crippen LogP contribution is 2.61. The number of carbonyl (C=O) groups excluding carboxylic acids is 4. The van der Waals surface area contributed by atoms with Crippen LogP contribution in [0.4, 0.5) is 11.4 Å². The first-order valence-corrected chi connectivity index (χ1v) is 15.6. The van der Waals surface area contributed by atoms with Gasteiger partial charge in [0.15, 0.2) is 0 Å². The van der Waals surface area contributed by atoms with Crippen LogP contribution in [0, 0.1) is 24.7 Å². The molecule has 0 unspecified atom stereocenters. The van der Waals surface area contributed by atoms with E-state index in [1.807, 2.05) is 62.4 Å². The number of amides is 3. The summed E-state index contributed by atoms with van der Waals surface area (Å²) in [7, 11) is 0. The smallest absolute Gasteiger partial charge is 0.316 e. The molecule has 2 fully saturated rings. The lowest BCUT2D eigenvalue weighted by Gasteiger charge is -2.45. The molecule has 0 radical (unpaired) electrons. The van der Waals surface area contributed by atoms with Gasteiger partial charge in [-0.2, -0.15) is 0 Å². The molecule has 2 saturated heterocycles. The average Bonchev–Trinajstić information content (AvgIpc) is 3.58. The first kappa shape index (κ1) is 27.5. The minimum Gasteiger partial charge on any atom is -0.426 e. The second kappa shape index (κ2) is 10.3. The van der Waals surface area contributed by atoms with Crippen LogP contribution in [0.25, 0.3) is 0 Å². The topological polar surface area (TPSA) is 84.0 Å². The summed E-state index contributed by atoms with van der Waals surface area (Å²) in [4.78, 5) is 57.4. The molecule has 4 aromatic carbocycles. The molecule has 7 nitrogen and oxygen atoms in total. The van der Waals surface area contributed by atoms with Gasteiger partial charge in [0.05, 0.1) is 23.4 Å². The number of anilines is 2. The molecular weight excluding hydrogens is 564 g/mol. The summed E-state index contributed by atoms with van der Waals surface area (Å²) >= 11 is 0. The normalized spacial score (nSPS) is 24.5. The summed E-state index contributed by atoms with van der Waals surface area (Å²) in [5.74, 6) is -2.51. The zero-order valence-corrected chi connectivity index (χ0v) is 25.1. The molecule has 0 spiro atoms. The van der Waals surface area contributed by atoms with E-state index in [9.17, 15) is 19.2 Å². The quantitative estimate of drug-likeness (QED) is 0.162. The van der Waals surface area contributed by atoms with Crippen molar-refractivity contribution in [2.45, 2.75) is 38.5 Å². The number of benzene rings is 4. The van der Waals surface area contributed by atoms with Crippen molar-refractivity contribution in [2.75, 3.05) is 16.3 Å². The van der Waals surface area contributed by atoms with Crippen molar-refractivity contribution >= 4 is 35.1 Å². The summed E-state index contributed by atoms with van der Waals surface area (Å²) < 4.78 is 5.76. The van der Waals surface area contributed by atoms with E-state index in [-0.39, 0.29) is 42.5 Å². The van der Waals surface area contributed by atoms with Gasteiger partial charge in [-0.3, -0.25) is 19.2 Å². The third kappa shape index (κ3) is 4.03. The van der Waals surface area contributed by atoms with Crippen LogP contribution in [0.3, 0.4) is 0 Å². The number of rotatable bonds is 5. The molecule has 2 aliphatic heterocycles. The van der Waals surface area contributed by atoms with Crippen molar-refractivity contribution in [2.24, 2.45) is 17.8 Å². The van der Waals surface area contributed by atoms with Gasteiger partial charge in [0.25, 0.3) is 0 Å². The molecule has 7 heteroatoms. The van der Waals surface area contributed by atoms with Crippen LogP contribution in [-0.2, 0) is 25.6 Å². The molecule has 9 rings (SSSR count). The molecule has 3 aliphatic carbocycles. The van der Waals surface area contributed by atoms with E-state index in [1.165, 1.54) is 4.90 Å². The summed E-state index contributed by atoms with van der Waals surface area (Å²) in [5, 5.41) is 0. The molecule has 0 N–H and O–H groups in total. The molecule has 2 bridgehead atoms. The van der Waals surface area contributed by atoms with E-state index in [2.05, 4.69) is 24.3 Å². The summed E-state index contributed by atoms with van der Waals surface area (Å²) in [6, 6.07) is 29.1. The third-order valence-corrected chi connectivity index (χ3v) is 10.2. The molecule has 5 aliphatic rings. The van der Waals surface area contributed by atoms with Crippen LogP contribution in [0.5, 0.6) is 5.75 Å². The molecule has 0 aromatic heterocycles. The predicted octanol–water partition coefficient (Wildman–Crippen LogP) is 5.91. The Morgan fingerprint density at radius 2 is 1.31 bits per heavy atom. The minimum atomic E-state index is -0.592. The fourth-order valence-corrected chi connectivity index (χ4v) is 8.23. The zero-order valence-electron chi connectivity index (χ0n) is 25.1. The monoisotopic (exact) mass is 596 g/mol. The highest BCUT2D eigenvalue weighted by molar-refractivity contribution is 6.23. The van der Waals surface area contributed by atoms with Gasteiger partial charge in [0.1, 0.15) is 5.75 Å². The van der Waals surface area contributed by atoms with E-state index in [0.29, 0.717) is 17.0 Å². The van der Waals surface area contributed by atoms with Gasteiger partial charge in [0.2, 0.25) is 17.7 Å². The maximum Gasteiger partial charge on any atom is 0.316 e. The molecule has 3 atom stereocenters. The number of aryl methyl sites for hydroxylation is 2. The second-order valence-electron chi connectivity index (χ2n) is 12.5. The van der Waals surface area contributed by atoms with Crippen molar-refractivity contribution in [1.29, 1.82) is 0 Å². The fourth-order valence-electron chi connectivity index (χ4n) is 8.23. The number of ether oxygens (including phenoxy) is 1. The number of esters is 1. The van der Waals surface area contributed by atoms with E-state index in [0.717, 1.165) is 39.9 Å². The number of carbonyl (C=O) groups is 4. The van der Waals surface area contributed by atoms with Crippen molar-refractivity contribution in [3.63, 3.8) is 0 Å².